The molecule has 2 fully saturated rings. The standard InChI is InChI=1S/C27H29F4NO4/c1-16(17-9-11-32(12-10-17)15-19-13-21(35-2)7-8-23(19)28)25(34)22-14-24(33)36-26(22)18-3-5-20(6-4-18)27(29,30)31/h3-8,13,16-17,22,26H,9-12,14-15H2,1-2H3/t16?,22-,26-/m1/s1. The number of alkyl halides is 3. The van der Waals surface area contributed by atoms with Gasteiger partial charge >= 0.3 is 12.1 Å². The zero-order valence-electron chi connectivity index (χ0n) is 20.2. The summed E-state index contributed by atoms with van der Waals surface area (Å²) in [5.74, 6) is -1.31. The molecule has 36 heavy (non-hydrogen) atoms. The molecule has 5 nitrogen and oxygen atoms in total. The number of hydrogen-bond acceptors (Lipinski definition) is 5. The van der Waals surface area contributed by atoms with Crippen LogP contribution in [0.4, 0.5) is 17.6 Å². The molecule has 2 aliphatic heterocycles. The lowest BCUT2D eigenvalue weighted by Gasteiger charge is -2.35. The van der Waals surface area contributed by atoms with E-state index in [2.05, 4.69) is 4.90 Å². The third-order valence-electron chi connectivity index (χ3n) is 7.38. The fraction of sp³-hybridized carbons (Fsp3) is 0.481. The second-order valence-electron chi connectivity index (χ2n) is 9.60. The van der Waals surface area contributed by atoms with E-state index >= 15 is 0 Å². The molecule has 0 bridgehead atoms. The highest BCUT2D eigenvalue weighted by molar-refractivity contribution is 5.90. The van der Waals surface area contributed by atoms with Crippen molar-refractivity contribution in [1.82, 2.24) is 4.90 Å². The van der Waals surface area contributed by atoms with E-state index in [0.29, 0.717) is 36.5 Å². The third-order valence-corrected chi connectivity index (χ3v) is 7.38. The largest absolute Gasteiger partial charge is 0.497 e. The molecule has 2 aromatic rings. The first-order chi connectivity index (χ1) is 17.1. The number of rotatable bonds is 7. The Hall–Kier alpha value is -2.94. The number of cyclic esters (lactones) is 1. The number of halogens is 4. The Bertz CT molecular complexity index is 1090. The fourth-order valence-electron chi connectivity index (χ4n) is 5.19. The van der Waals surface area contributed by atoms with Gasteiger partial charge in [0, 0.05) is 18.0 Å². The Morgan fingerprint density at radius 1 is 1.14 bits per heavy atom. The van der Waals surface area contributed by atoms with Gasteiger partial charge in [-0.1, -0.05) is 19.1 Å². The number of ether oxygens (including phenoxy) is 2. The first kappa shape index (κ1) is 26.1. The maximum atomic E-state index is 14.2. The number of ketones is 1. The van der Waals surface area contributed by atoms with Gasteiger partial charge in [0.05, 0.1) is 25.0 Å². The van der Waals surface area contributed by atoms with Crippen molar-refractivity contribution in [3.05, 3.63) is 65.0 Å². The summed E-state index contributed by atoms with van der Waals surface area (Å²) < 4.78 is 63.5. The number of nitrogens with zero attached hydrogens (tertiary/aromatic N) is 1. The molecule has 4 rings (SSSR count). The van der Waals surface area contributed by atoms with Gasteiger partial charge in [-0.2, -0.15) is 13.2 Å². The number of carbonyl (C=O) groups excluding carboxylic acids is 2. The molecule has 0 amide bonds. The van der Waals surface area contributed by atoms with E-state index in [1.807, 2.05) is 6.92 Å². The van der Waals surface area contributed by atoms with Crippen molar-refractivity contribution >= 4 is 11.8 Å². The lowest BCUT2D eigenvalue weighted by atomic mass is 9.77. The van der Waals surface area contributed by atoms with Crippen molar-refractivity contribution in [2.45, 2.75) is 45.0 Å². The van der Waals surface area contributed by atoms with Crippen LogP contribution in [0.15, 0.2) is 42.5 Å². The van der Waals surface area contributed by atoms with Crippen LogP contribution in [0.3, 0.4) is 0 Å². The van der Waals surface area contributed by atoms with Gasteiger partial charge < -0.3 is 9.47 Å². The molecule has 1 unspecified atom stereocenters. The summed E-state index contributed by atoms with van der Waals surface area (Å²) in [5, 5.41) is 0. The first-order valence-corrected chi connectivity index (χ1v) is 12.0. The summed E-state index contributed by atoms with van der Waals surface area (Å²) in [5.41, 5.74) is 0.139. The number of benzene rings is 2. The second kappa shape index (κ2) is 10.6. The predicted octanol–water partition coefficient (Wildman–Crippen LogP) is 5.57. The van der Waals surface area contributed by atoms with Crippen LogP contribution in [0.5, 0.6) is 5.75 Å². The quantitative estimate of drug-likeness (QED) is 0.362. The molecule has 9 heteroatoms. The average Bonchev–Trinajstić information content (AvgIpc) is 3.26. The van der Waals surface area contributed by atoms with E-state index in [1.165, 1.54) is 25.3 Å². The molecule has 194 valence electrons. The summed E-state index contributed by atoms with van der Waals surface area (Å²) >= 11 is 0. The van der Waals surface area contributed by atoms with Crippen LogP contribution in [0, 0.1) is 23.6 Å². The molecule has 0 spiro atoms. The minimum absolute atomic E-state index is 0.0805. The van der Waals surface area contributed by atoms with E-state index in [-0.39, 0.29) is 29.9 Å². The first-order valence-electron chi connectivity index (χ1n) is 12.0. The molecular weight excluding hydrogens is 478 g/mol. The van der Waals surface area contributed by atoms with Gasteiger partial charge in [-0.3, -0.25) is 14.5 Å². The third kappa shape index (κ3) is 5.72. The Morgan fingerprint density at radius 2 is 1.81 bits per heavy atom. The molecule has 2 saturated heterocycles. The molecule has 2 aliphatic rings. The van der Waals surface area contributed by atoms with Crippen LogP contribution in [0.1, 0.15) is 49.0 Å². The van der Waals surface area contributed by atoms with Crippen LogP contribution in [0.2, 0.25) is 0 Å². The van der Waals surface area contributed by atoms with Crippen LogP contribution >= 0.6 is 0 Å². The van der Waals surface area contributed by atoms with Gasteiger partial charge in [0.1, 0.15) is 23.5 Å². The number of Topliss-reactive ketones (excluding diaryl/α,β-unsaturated/α-hetero) is 1. The molecule has 0 aliphatic carbocycles. The lowest BCUT2D eigenvalue weighted by molar-refractivity contribution is -0.142. The van der Waals surface area contributed by atoms with Crippen LogP contribution in [0.25, 0.3) is 0 Å². The van der Waals surface area contributed by atoms with Crippen LogP contribution in [-0.2, 0) is 27.0 Å². The van der Waals surface area contributed by atoms with Gasteiger partial charge in [-0.25, -0.2) is 4.39 Å². The van der Waals surface area contributed by atoms with Gasteiger partial charge in [0.2, 0.25) is 0 Å². The minimum atomic E-state index is -4.47. The maximum Gasteiger partial charge on any atom is 0.416 e. The molecule has 3 atom stereocenters. The van der Waals surface area contributed by atoms with E-state index < -0.39 is 29.7 Å². The number of likely N-dealkylation sites (tertiary alicyclic amines) is 1. The molecular formula is C27H29F4NO4. The average molecular weight is 508 g/mol. The van der Waals surface area contributed by atoms with Gasteiger partial charge in [-0.15, -0.1) is 0 Å². The van der Waals surface area contributed by atoms with E-state index in [0.717, 1.165) is 25.0 Å². The monoisotopic (exact) mass is 507 g/mol. The van der Waals surface area contributed by atoms with E-state index in [1.54, 1.807) is 12.1 Å². The molecule has 0 radical (unpaired) electrons. The fourth-order valence-corrected chi connectivity index (χ4v) is 5.19. The van der Waals surface area contributed by atoms with Crippen molar-refractivity contribution < 1.29 is 36.6 Å². The molecule has 0 aromatic heterocycles. The summed E-state index contributed by atoms with van der Waals surface area (Å²) in [6.45, 7) is 3.68. The second-order valence-corrected chi connectivity index (χ2v) is 9.60. The minimum Gasteiger partial charge on any atom is -0.497 e. The van der Waals surface area contributed by atoms with Gasteiger partial charge in [0.25, 0.3) is 0 Å². The normalized spacial score (nSPS) is 22.3. The Kier molecular flexibility index (Phi) is 7.68. The Balaban J connectivity index is 1.38. The van der Waals surface area contributed by atoms with Gasteiger partial charge in [0.15, 0.2) is 0 Å². The summed E-state index contributed by atoms with van der Waals surface area (Å²) in [6.07, 6.45) is -3.95. The Labute approximate surface area is 207 Å². The van der Waals surface area contributed by atoms with Crippen molar-refractivity contribution in [3.8, 4) is 5.75 Å². The van der Waals surface area contributed by atoms with Crippen molar-refractivity contribution in [1.29, 1.82) is 0 Å². The number of piperidine rings is 1. The Morgan fingerprint density at radius 3 is 2.42 bits per heavy atom. The molecule has 2 heterocycles. The lowest BCUT2D eigenvalue weighted by Crippen LogP contribution is -2.38. The SMILES string of the molecule is COc1ccc(F)c(CN2CCC(C(C)C(=O)[C@H]3CC(=O)O[C@@H]3c3ccc(C(F)(F)F)cc3)CC2)c1. The van der Waals surface area contributed by atoms with Crippen molar-refractivity contribution in [2.75, 3.05) is 20.2 Å². The maximum absolute atomic E-state index is 14.2. The smallest absolute Gasteiger partial charge is 0.416 e. The molecule has 2 aromatic carbocycles. The van der Waals surface area contributed by atoms with Crippen molar-refractivity contribution in [2.24, 2.45) is 17.8 Å². The predicted molar refractivity (Wildman–Crippen MR) is 124 cm³/mol. The summed E-state index contributed by atoms with van der Waals surface area (Å²) in [7, 11) is 1.53. The van der Waals surface area contributed by atoms with Crippen LogP contribution in [-0.4, -0.2) is 36.9 Å². The highest BCUT2D eigenvalue weighted by atomic mass is 19.4. The zero-order chi connectivity index (χ0) is 26.0. The van der Waals surface area contributed by atoms with Crippen molar-refractivity contribution in [3.63, 3.8) is 0 Å². The molecule has 0 N–H and O–H groups in total. The number of esters is 1. The zero-order valence-corrected chi connectivity index (χ0v) is 20.2. The van der Waals surface area contributed by atoms with E-state index in [9.17, 15) is 27.2 Å². The summed E-state index contributed by atoms with van der Waals surface area (Å²) in [4.78, 5) is 27.6. The van der Waals surface area contributed by atoms with Crippen LogP contribution < -0.4 is 4.74 Å². The number of hydrogen-bond donors (Lipinski definition) is 0. The number of methoxy groups -OCH3 is 1. The number of carbonyl (C=O) groups is 2. The molecule has 0 saturated carbocycles. The van der Waals surface area contributed by atoms with E-state index in [4.69, 9.17) is 9.47 Å². The van der Waals surface area contributed by atoms with Gasteiger partial charge in [-0.05, 0) is 67.7 Å². The topological polar surface area (TPSA) is 55.8 Å². The highest BCUT2D eigenvalue weighted by Gasteiger charge is 2.44. The summed E-state index contributed by atoms with van der Waals surface area (Å²) in [6, 6.07) is 9.07. The highest BCUT2D eigenvalue weighted by Crippen LogP contribution is 2.40.